The summed E-state index contributed by atoms with van der Waals surface area (Å²) in [5.41, 5.74) is 3.26. The third kappa shape index (κ3) is 2.40. The minimum atomic E-state index is 0.116. The van der Waals surface area contributed by atoms with Crippen molar-refractivity contribution in [2.75, 3.05) is 11.4 Å². The Labute approximate surface area is 121 Å². The molecule has 0 radical (unpaired) electrons. The van der Waals surface area contributed by atoms with Crippen LogP contribution in [0.3, 0.4) is 0 Å². The Morgan fingerprint density at radius 2 is 2.21 bits per heavy atom. The van der Waals surface area contributed by atoms with Gasteiger partial charge in [0.05, 0.1) is 5.69 Å². The quantitative estimate of drug-likeness (QED) is 0.862. The minimum absolute atomic E-state index is 0.116. The predicted octanol–water partition coefficient (Wildman–Crippen LogP) is 3.15. The summed E-state index contributed by atoms with van der Waals surface area (Å²) in [6, 6.07) is 8.15. The van der Waals surface area contributed by atoms with Crippen molar-refractivity contribution in [2.45, 2.75) is 18.6 Å². The van der Waals surface area contributed by atoms with Crippen molar-refractivity contribution < 1.29 is 4.79 Å². The molecular formula is C14H14N2OS2. The molecule has 1 aromatic heterocycles. The molecule has 3 rings (SSSR count). The molecule has 1 fully saturated rings. The van der Waals surface area contributed by atoms with Gasteiger partial charge in [0.15, 0.2) is 5.13 Å². The molecule has 1 atom stereocenters. The number of aromatic nitrogens is 1. The summed E-state index contributed by atoms with van der Waals surface area (Å²) in [6.07, 6.45) is 0.502. The number of hydrogen-bond donors (Lipinski definition) is 1. The van der Waals surface area contributed by atoms with E-state index in [0.29, 0.717) is 13.0 Å². The molecule has 2 aromatic rings. The Kier molecular flexibility index (Phi) is 3.33. The molecule has 19 heavy (non-hydrogen) atoms. The number of anilines is 1. The number of hydrogen-bond acceptors (Lipinski definition) is 4. The van der Waals surface area contributed by atoms with Crippen LogP contribution in [-0.4, -0.2) is 22.7 Å². The van der Waals surface area contributed by atoms with Crippen molar-refractivity contribution in [1.29, 1.82) is 0 Å². The van der Waals surface area contributed by atoms with E-state index in [-0.39, 0.29) is 11.2 Å². The lowest BCUT2D eigenvalue weighted by Crippen LogP contribution is -2.24. The maximum absolute atomic E-state index is 11.8. The monoisotopic (exact) mass is 290 g/mol. The largest absolute Gasteiger partial charge is 0.287 e. The first kappa shape index (κ1) is 12.7. The highest BCUT2D eigenvalue weighted by Gasteiger charge is 2.30. The van der Waals surface area contributed by atoms with Crippen LogP contribution in [0.4, 0.5) is 5.13 Å². The van der Waals surface area contributed by atoms with E-state index < -0.39 is 0 Å². The topological polar surface area (TPSA) is 33.2 Å². The molecule has 2 heterocycles. The first-order valence-corrected chi connectivity index (χ1v) is 7.54. The van der Waals surface area contributed by atoms with Crippen molar-refractivity contribution in [3.8, 4) is 11.3 Å². The number of benzene rings is 1. The van der Waals surface area contributed by atoms with E-state index in [9.17, 15) is 4.79 Å². The molecule has 0 bridgehead atoms. The Bertz CT molecular complexity index is 623. The van der Waals surface area contributed by atoms with E-state index in [4.69, 9.17) is 0 Å². The molecule has 98 valence electrons. The fraction of sp³-hybridized carbons (Fsp3) is 0.286. The Balaban J connectivity index is 1.92. The molecule has 1 aromatic carbocycles. The first-order valence-electron chi connectivity index (χ1n) is 6.15. The Morgan fingerprint density at radius 1 is 1.42 bits per heavy atom. The maximum Gasteiger partial charge on any atom is 0.229 e. The second-order valence-corrected chi connectivity index (χ2v) is 6.26. The molecule has 0 N–H and O–H groups in total. The lowest BCUT2D eigenvalue weighted by molar-refractivity contribution is -0.117. The van der Waals surface area contributed by atoms with Crippen molar-refractivity contribution in [2.24, 2.45) is 0 Å². The van der Waals surface area contributed by atoms with Crippen LogP contribution in [0.5, 0.6) is 0 Å². The van der Waals surface area contributed by atoms with Gasteiger partial charge in [-0.25, -0.2) is 4.98 Å². The van der Waals surface area contributed by atoms with E-state index in [1.807, 2.05) is 17.5 Å². The van der Waals surface area contributed by atoms with Crippen molar-refractivity contribution in [1.82, 2.24) is 4.98 Å². The zero-order chi connectivity index (χ0) is 13.4. The molecule has 0 aliphatic carbocycles. The summed E-state index contributed by atoms with van der Waals surface area (Å²) in [5.74, 6) is 0.116. The van der Waals surface area contributed by atoms with Crippen LogP contribution in [0, 0.1) is 6.92 Å². The second kappa shape index (κ2) is 4.98. The normalized spacial score (nSPS) is 19.2. The maximum atomic E-state index is 11.8. The van der Waals surface area contributed by atoms with Gasteiger partial charge in [-0.1, -0.05) is 24.3 Å². The summed E-state index contributed by atoms with van der Waals surface area (Å²) in [4.78, 5) is 18.2. The van der Waals surface area contributed by atoms with Crippen LogP contribution in [0.1, 0.15) is 12.0 Å². The predicted molar refractivity (Wildman–Crippen MR) is 82.0 cm³/mol. The number of carbonyl (C=O) groups is 1. The van der Waals surface area contributed by atoms with Gasteiger partial charge in [-0.15, -0.1) is 11.3 Å². The van der Waals surface area contributed by atoms with Crippen molar-refractivity contribution in [3.63, 3.8) is 0 Å². The van der Waals surface area contributed by atoms with Gasteiger partial charge in [0.25, 0.3) is 0 Å². The summed E-state index contributed by atoms with van der Waals surface area (Å²) in [7, 11) is 0. The number of aryl methyl sites for hydroxylation is 1. The third-order valence-corrected chi connectivity index (χ3v) is 4.46. The number of amides is 1. The van der Waals surface area contributed by atoms with E-state index in [1.165, 1.54) is 16.9 Å². The number of thiazole rings is 1. The van der Waals surface area contributed by atoms with Gasteiger partial charge in [-0.05, 0) is 12.5 Å². The summed E-state index contributed by atoms with van der Waals surface area (Å²) >= 11 is 5.88. The van der Waals surface area contributed by atoms with Gasteiger partial charge in [0.1, 0.15) is 0 Å². The average molecular weight is 290 g/mol. The van der Waals surface area contributed by atoms with Crippen LogP contribution in [0.25, 0.3) is 11.3 Å². The van der Waals surface area contributed by atoms with Crippen LogP contribution >= 0.6 is 24.0 Å². The third-order valence-electron chi connectivity index (χ3n) is 3.25. The van der Waals surface area contributed by atoms with Gasteiger partial charge < -0.3 is 0 Å². The van der Waals surface area contributed by atoms with Gasteiger partial charge in [0.2, 0.25) is 5.91 Å². The van der Waals surface area contributed by atoms with E-state index in [2.05, 4.69) is 36.7 Å². The smallest absolute Gasteiger partial charge is 0.229 e. The van der Waals surface area contributed by atoms with Gasteiger partial charge in [-0.2, -0.15) is 12.6 Å². The second-order valence-electron chi connectivity index (χ2n) is 4.69. The zero-order valence-corrected chi connectivity index (χ0v) is 12.2. The molecule has 3 nitrogen and oxygen atoms in total. The van der Waals surface area contributed by atoms with Gasteiger partial charge >= 0.3 is 0 Å². The number of thiol groups is 1. The van der Waals surface area contributed by atoms with Crippen LogP contribution in [0.2, 0.25) is 0 Å². The summed E-state index contributed by atoms with van der Waals surface area (Å²) in [5, 5.41) is 2.91. The highest BCUT2D eigenvalue weighted by atomic mass is 32.1. The number of carbonyl (C=O) groups excluding carboxylic acids is 1. The number of rotatable bonds is 2. The highest BCUT2D eigenvalue weighted by molar-refractivity contribution is 7.81. The summed E-state index contributed by atoms with van der Waals surface area (Å²) < 4.78 is 0. The molecule has 1 amide bonds. The van der Waals surface area contributed by atoms with Crippen LogP contribution in [0.15, 0.2) is 29.6 Å². The fourth-order valence-electron chi connectivity index (χ4n) is 2.25. The van der Waals surface area contributed by atoms with Crippen LogP contribution < -0.4 is 4.90 Å². The molecule has 1 unspecified atom stereocenters. The number of nitrogens with zero attached hydrogens (tertiary/aromatic N) is 2. The minimum Gasteiger partial charge on any atom is -0.287 e. The summed E-state index contributed by atoms with van der Waals surface area (Å²) in [6.45, 7) is 2.72. The molecular weight excluding hydrogens is 276 g/mol. The molecule has 0 spiro atoms. The Hall–Kier alpha value is -1.33. The SMILES string of the molecule is Cc1ccccc1-c1csc(N2CC(S)CC2=O)n1. The standard InChI is InChI=1S/C14H14N2OS2/c1-9-4-2-3-5-11(9)12-8-19-14(15-12)16-7-10(18)6-13(16)17/h2-5,8,10,18H,6-7H2,1H3. The average Bonchev–Trinajstić information content (AvgIpc) is 2.96. The van der Waals surface area contributed by atoms with E-state index >= 15 is 0 Å². The molecule has 1 aliphatic rings. The fourth-order valence-corrected chi connectivity index (χ4v) is 3.42. The van der Waals surface area contributed by atoms with Gasteiger partial charge in [0, 0.05) is 29.2 Å². The molecule has 1 aliphatic heterocycles. The lowest BCUT2D eigenvalue weighted by Gasteiger charge is -2.11. The van der Waals surface area contributed by atoms with Crippen molar-refractivity contribution >= 4 is 35.0 Å². The Morgan fingerprint density at radius 3 is 2.89 bits per heavy atom. The van der Waals surface area contributed by atoms with Crippen LogP contribution in [-0.2, 0) is 4.79 Å². The highest BCUT2D eigenvalue weighted by Crippen LogP contribution is 2.32. The molecule has 0 saturated carbocycles. The van der Waals surface area contributed by atoms with Crippen molar-refractivity contribution in [3.05, 3.63) is 35.2 Å². The zero-order valence-electron chi connectivity index (χ0n) is 10.5. The van der Waals surface area contributed by atoms with Gasteiger partial charge in [-0.3, -0.25) is 9.69 Å². The first-order chi connectivity index (χ1) is 9.15. The van der Waals surface area contributed by atoms with E-state index in [0.717, 1.165) is 16.4 Å². The molecule has 5 heteroatoms. The lowest BCUT2D eigenvalue weighted by atomic mass is 10.1. The molecule has 1 saturated heterocycles. The van der Waals surface area contributed by atoms with E-state index in [1.54, 1.807) is 4.90 Å².